The van der Waals surface area contributed by atoms with Gasteiger partial charge in [-0.1, -0.05) is 17.9 Å². The van der Waals surface area contributed by atoms with Crippen molar-refractivity contribution in [1.82, 2.24) is 9.80 Å². The Morgan fingerprint density at radius 3 is 2.62 bits per heavy atom. The minimum atomic E-state index is 0.0817. The lowest BCUT2D eigenvalue weighted by Gasteiger charge is -2.42. The first kappa shape index (κ1) is 15.6. The van der Waals surface area contributed by atoms with Crippen molar-refractivity contribution in [3.63, 3.8) is 0 Å². The first-order chi connectivity index (χ1) is 10.0. The summed E-state index contributed by atoms with van der Waals surface area (Å²) in [7, 11) is 2.11. The molecule has 1 fully saturated rings. The average Bonchev–Trinajstić information content (AvgIpc) is 2.49. The van der Waals surface area contributed by atoms with Gasteiger partial charge in [-0.15, -0.1) is 0 Å². The molecule has 112 valence electrons. The normalized spacial score (nSPS) is 22.6. The molecule has 0 spiro atoms. The largest absolute Gasteiger partial charge is 0.336 e. The van der Waals surface area contributed by atoms with Gasteiger partial charge in [-0.25, -0.2) is 0 Å². The fourth-order valence-electron chi connectivity index (χ4n) is 2.64. The summed E-state index contributed by atoms with van der Waals surface area (Å²) in [4.78, 5) is 16.9. The van der Waals surface area contributed by atoms with Crippen molar-refractivity contribution < 1.29 is 4.79 Å². The van der Waals surface area contributed by atoms with Gasteiger partial charge in [0.2, 0.25) is 0 Å². The average molecular weight is 285 g/mol. The molecular weight excluding hydrogens is 262 g/mol. The molecule has 2 rings (SSSR count). The van der Waals surface area contributed by atoms with Crippen LogP contribution in [0.4, 0.5) is 0 Å². The second-order valence-corrected chi connectivity index (χ2v) is 5.66. The lowest BCUT2D eigenvalue weighted by atomic mass is 10.1. The highest BCUT2D eigenvalue weighted by atomic mass is 16.2. The number of rotatable bonds is 1. The third kappa shape index (κ3) is 3.63. The van der Waals surface area contributed by atoms with E-state index >= 15 is 0 Å². The monoisotopic (exact) mass is 285 g/mol. The van der Waals surface area contributed by atoms with E-state index in [0.717, 1.165) is 18.7 Å². The molecule has 0 saturated carbocycles. The van der Waals surface area contributed by atoms with E-state index < -0.39 is 0 Å². The maximum Gasteiger partial charge on any atom is 0.254 e. The number of hydrogen-bond acceptors (Lipinski definition) is 3. The summed E-state index contributed by atoms with van der Waals surface area (Å²) in [6.45, 7) is 6.15. The van der Waals surface area contributed by atoms with Crippen LogP contribution in [0.3, 0.4) is 0 Å². The van der Waals surface area contributed by atoms with Gasteiger partial charge in [-0.05, 0) is 39.1 Å². The molecule has 4 nitrogen and oxygen atoms in total. The quantitative estimate of drug-likeness (QED) is 0.788. The smallest absolute Gasteiger partial charge is 0.254 e. The molecule has 0 radical (unpaired) electrons. The lowest BCUT2D eigenvalue weighted by Crippen LogP contribution is -2.56. The van der Waals surface area contributed by atoms with E-state index in [9.17, 15) is 4.79 Å². The highest BCUT2D eigenvalue weighted by Crippen LogP contribution is 2.16. The van der Waals surface area contributed by atoms with Crippen LogP contribution in [-0.2, 0) is 0 Å². The summed E-state index contributed by atoms with van der Waals surface area (Å²) in [5.41, 5.74) is 6.91. The van der Waals surface area contributed by atoms with Crippen LogP contribution in [0, 0.1) is 11.8 Å². The standard InChI is InChI=1S/C17H23N3O/c1-13-11-20(12-14(2)19(13)3)17(21)16-8-4-6-15(10-16)7-5-9-18/h4,6,8,10,13-14H,9,11-12,18H2,1-3H3. The second-order valence-electron chi connectivity index (χ2n) is 5.66. The molecule has 1 amide bonds. The predicted octanol–water partition coefficient (Wildman–Crippen LogP) is 1.16. The molecule has 2 N–H and O–H groups in total. The summed E-state index contributed by atoms with van der Waals surface area (Å²) >= 11 is 0. The van der Waals surface area contributed by atoms with Crippen molar-refractivity contribution >= 4 is 5.91 Å². The van der Waals surface area contributed by atoms with Crippen molar-refractivity contribution in [3.8, 4) is 11.8 Å². The van der Waals surface area contributed by atoms with E-state index in [0.29, 0.717) is 24.2 Å². The molecule has 1 saturated heterocycles. The van der Waals surface area contributed by atoms with E-state index in [4.69, 9.17) is 5.73 Å². The van der Waals surface area contributed by atoms with E-state index in [1.165, 1.54) is 0 Å². The predicted molar refractivity (Wildman–Crippen MR) is 85.0 cm³/mol. The molecule has 4 heteroatoms. The molecule has 2 unspecified atom stereocenters. The molecular formula is C17H23N3O. The van der Waals surface area contributed by atoms with Gasteiger partial charge in [-0.3, -0.25) is 9.69 Å². The highest BCUT2D eigenvalue weighted by Gasteiger charge is 2.29. The van der Waals surface area contributed by atoms with Crippen molar-refractivity contribution in [1.29, 1.82) is 0 Å². The topological polar surface area (TPSA) is 49.6 Å². The molecule has 0 aromatic heterocycles. The van der Waals surface area contributed by atoms with Gasteiger partial charge >= 0.3 is 0 Å². The fraction of sp³-hybridized carbons (Fsp3) is 0.471. The van der Waals surface area contributed by atoms with Gasteiger partial charge in [0.1, 0.15) is 0 Å². The summed E-state index contributed by atoms with van der Waals surface area (Å²) in [6.07, 6.45) is 0. The summed E-state index contributed by atoms with van der Waals surface area (Å²) in [5.74, 6) is 5.87. The maximum atomic E-state index is 12.7. The number of amides is 1. The first-order valence-electron chi connectivity index (χ1n) is 7.33. The number of benzene rings is 1. The van der Waals surface area contributed by atoms with Crippen molar-refractivity contribution in [2.75, 3.05) is 26.7 Å². The van der Waals surface area contributed by atoms with Crippen LogP contribution < -0.4 is 5.73 Å². The van der Waals surface area contributed by atoms with Gasteiger partial charge < -0.3 is 10.6 Å². The second kappa shape index (κ2) is 6.75. The first-order valence-corrected chi connectivity index (χ1v) is 7.33. The molecule has 1 aliphatic heterocycles. The molecule has 1 aromatic carbocycles. The molecule has 1 heterocycles. The zero-order chi connectivity index (χ0) is 15.4. The van der Waals surface area contributed by atoms with Gasteiger partial charge in [0.15, 0.2) is 0 Å². The maximum absolute atomic E-state index is 12.7. The van der Waals surface area contributed by atoms with Crippen LogP contribution in [0.15, 0.2) is 24.3 Å². The summed E-state index contributed by atoms with van der Waals surface area (Å²) in [5, 5.41) is 0. The number of carbonyl (C=O) groups excluding carboxylic acids is 1. The van der Waals surface area contributed by atoms with Crippen LogP contribution in [0.2, 0.25) is 0 Å². The minimum absolute atomic E-state index is 0.0817. The molecule has 0 aliphatic carbocycles. The van der Waals surface area contributed by atoms with Gasteiger partial charge in [-0.2, -0.15) is 0 Å². The van der Waals surface area contributed by atoms with E-state index in [2.05, 4.69) is 37.6 Å². The fourth-order valence-corrected chi connectivity index (χ4v) is 2.64. The van der Waals surface area contributed by atoms with Crippen LogP contribution in [0.1, 0.15) is 29.8 Å². The molecule has 1 aliphatic rings. The van der Waals surface area contributed by atoms with Gasteiger partial charge in [0.05, 0.1) is 6.54 Å². The Balaban J connectivity index is 2.16. The van der Waals surface area contributed by atoms with Crippen LogP contribution in [0.25, 0.3) is 0 Å². The molecule has 21 heavy (non-hydrogen) atoms. The Hall–Kier alpha value is -1.83. The minimum Gasteiger partial charge on any atom is -0.336 e. The van der Waals surface area contributed by atoms with Crippen LogP contribution >= 0.6 is 0 Å². The van der Waals surface area contributed by atoms with Crippen LogP contribution in [-0.4, -0.2) is 54.5 Å². The third-order valence-corrected chi connectivity index (χ3v) is 4.09. The van der Waals surface area contributed by atoms with Crippen molar-refractivity contribution in [2.45, 2.75) is 25.9 Å². The number of carbonyl (C=O) groups is 1. The van der Waals surface area contributed by atoms with Crippen LogP contribution in [0.5, 0.6) is 0 Å². The summed E-state index contributed by atoms with van der Waals surface area (Å²) in [6, 6.07) is 8.21. The van der Waals surface area contributed by atoms with E-state index in [1.807, 2.05) is 29.2 Å². The Kier molecular flexibility index (Phi) is 5.00. The Morgan fingerprint density at radius 2 is 2.00 bits per heavy atom. The van der Waals surface area contributed by atoms with E-state index in [1.54, 1.807) is 0 Å². The van der Waals surface area contributed by atoms with Gasteiger partial charge in [0, 0.05) is 36.3 Å². The third-order valence-electron chi connectivity index (χ3n) is 4.09. The SMILES string of the molecule is CC1CN(C(=O)c2cccc(C#CCN)c2)CC(C)N1C. The zero-order valence-electron chi connectivity index (χ0n) is 13.0. The highest BCUT2D eigenvalue weighted by molar-refractivity contribution is 5.94. The molecule has 1 aromatic rings. The Labute approximate surface area is 126 Å². The Bertz CT molecular complexity index is 561. The lowest BCUT2D eigenvalue weighted by molar-refractivity contribution is 0.0414. The number of piperazine rings is 1. The zero-order valence-corrected chi connectivity index (χ0v) is 13.0. The Morgan fingerprint density at radius 1 is 1.33 bits per heavy atom. The number of nitrogens with two attached hydrogens (primary N) is 1. The van der Waals surface area contributed by atoms with E-state index in [-0.39, 0.29) is 5.91 Å². The number of likely N-dealkylation sites (N-methyl/N-ethyl adjacent to an activating group) is 1. The van der Waals surface area contributed by atoms with Gasteiger partial charge in [0.25, 0.3) is 5.91 Å². The van der Waals surface area contributed by atoms with Crippen molar-refractivity contribution in [2.24, 2.45) is 5.73 Å². The number of hydrogen-bond donors (Lipinski definition) is 1. The molecule has 2 atom stereocenters. The molecule has 0 bridgehead atoms. The number of nitrogens with zero attached hydrogens (tertiary/aromatic N) is 2. The van der Waals surface area contributed by atoms with Crippen molar-refractivity contribution in [3.05, 3.63) is 35.4 Å². The summed E-state index contributed by atoms with van der Waals surface area (Å²) < 4.78 is 0.